The number of fused-ring (bicyclic) bond motifs is 1. The van der Waals surface area contributed by atoms with Gasteiger partial charge in [-0.2, -0.15) is 0 Å². The van der Waals surface area contributed by atoms with E-state index in [-0.39, 0.29) is 30.8 Å². The minimum atomic E-state index is -0.663. The molecule has 4 atom stereocenters. The van der Waals surface area contributed by atoms with Gasteiger partial charge in [-0.25, -0.2) is 0 Å². The van der Waals surface area contributed by atoms with Gasteiger partial charge in [0.2, 0.25) is 5.91 Å². The lowest BCUT2D eigenvalue weighted by Gasteiger charge is -2.30. The number of hydrogen-bond donors (Lipinski definition) is 1. The number of thiophene rings is 1. The van der Waals surface area contributed by atoms with Gasteiger partial charge in [0, 0.05) is 18.9 Å². The lowest BCUT2D eigenvalue weighted by atomic mass is 9.83. The highest BCUT2D eigenvalue weighted by Crippen LogP contribution is 2.45. The SMILES string of the molecule is NC(=O)c1sc(-c2cnccn2)cc1[C@@H](C(=O)N1C[C@H](Cl)[C@H]2OCC(=O)[C@H]21)C1CCCC1. The number of Topliss-reactive ketones (excluding diaryl/α,β-unsaturated/α-hetero) is 1. The van der Waals surface area contributed by atoms with Gasteiger partial charge in [-0.05, 0) is 30.4 Å². The Morgan fingerprint density at radius 1 is 1.28 bits per heavy atom. The number of primary amides is 1. The molecule has 4 heterocycles. The number of ketones is 1. The number of hydrogen-bond acceptors (Lipinski definition) is 7. The van der Waals surface area contributed by atoms with Crippen molar-refractivity contribution in [1.82, 2.24) is 14.9 Å². The van der Waals surface area contributed by atoms with Crippen LogP contribution < -0.4 is 5.73 Å². The summed E-state index contributed by atoms with van der Waals surface area (Å²) in [6.07, 6.45) is 8.08. The Kier molecular flexibility index (Phi) is 5.73. The molecule has 3 fully saturated rings. The van der Waals surface area contributed by atoms with Gasteiger partial charge in [0.05, 0.1) is 32.9 Å². The monoisotopic (exact) mass is 474 g/mol. The van der Waals surface area contributed by atoms with E-state index in [1.165, 1.54) is 11.3 Å². The lowest BCUT2D eigenvalue weighted by Crippen LogP contribution is -2.45. The Bertz CT molecular complexity index is 1060. The average molecular weight is 475 g/mol. The molecule has 1 saturated carbocycles. The summed E-state index contributed by atoms with van der Waals surface area (Å²) in [7, 11) is 0. The Hall–Kier alpha value is -2.36. The minimum Gasteiger partial charge on any atom is -0.366 e. The molecule has 168 valence electrons. The number of nitrogens with two attached hydrogens (primary N) is 1. The zero-order valence-corrected chi connectivity index (χ0v) is 18.8. The van der Waals surface area contributed by atoms with Crippen LogP contribution in [-0.2, 0) is 14.3 Å². The topological polar surface area (TPSA) is 115 Å². The van der Waals surface area contributed by atoms with E-state index in [1.807, 2.05) is 6.07 Å². The van der Waals surface area contributed by atoms with Crippen LogP contribution in [-0.4, -0.2) is 63.1 Å². The Morgan fingerprint density at radius 2 is 2.06 bits per heavy atom. The number of amides is 2. The molecule has 32 heavy (non-hydrogen) atoms. The van der Waals surface area contributed by atoms with Crippen molar-refractivity contribution in [2.75, 3.05) is 13.2 Å². The summed E-state index contributed by atoms with van der Waals surface area (Å²) in [6.45, 7) is 0.218. The molecule has 0 spiro atoms. The van der Waals surface area contributed by atoms with Crippen molar-refractivity contribution in [2.24, 2.45) is 11.7 Å². The minimum absolute atomic E-state index is 0.0295. The molecule has 0 bridgehead atoms. The summed E-state index contributed by atoms with van der Waals surface area (Å²) >= 11 is 7.66. The van der Waals surface area contributed by atoms with Gasteiger partial charge in [0.15, 0.2) is 5.78 Å². The van der Waals surface area contributed by atoms with Crippen LogP contribution in [0.3, 0.4) is 0 Å². The summed E-state index contributed by atoms with van der Waals surface area (Å²) < 4.78 is 5.55. The van der Waals surface area contributed by atoms with E-state index in [2.05, 4.69) is 9.97 Å². The molecule has 0 aromatic carbocycles. The smallest absolute Gasteiger partial charge is 0.259 e. The standard InChI is InChI=1S/C22H23ClN4O4S/c23-13-9-27(18-15(28)10-31-19(13)18)22(30)17(11-3-1-2-4-11)12-7-16(32-20(12)21(24)29)14-8-25-5-6-26-14/h5-8,11,13,17-19H,1-4,9-10H2,(H2,24,29)/t13-,17-,18+,19+/m0/s1. The summed E-state index contributed by atoms with van der Waals surface area (Å²) in [5, 5.41) is -0.437. The van der Waals surface area contributed by atoms with Gasteiger partial charge in [0.25, 0.3) is 5.91 Å². The normalized spacial score (nSPS) is 26.5. The first kappa shape index (κ1) is 21.5. The van der Waals surface area contributed by atoms with Gasteiger partial charge in [-0.3, -0.25) is 24.4 Å². The predicted octanol–water partition coefficient (Wildman–Crippen LogP) is 2.36. The van der Waals surface area contributed by atoms with Crippen LogP contribution in [0.1, 0.15) is 46.8 Å². The molecule has 5 rings (SSSR count). The van der Waals surface area contributed by atoms with Gasteiger partial charge in [0.1, 0.15) is 18.8 Å². The third kappa shape index (κ3) is 3.62. The van der Waals surface area contributed by atoms with Crippen molar-refractivity contribution in [1.29, 1.82) is 0 Å². The molecule has 0 radical (unpaired) electrons. The molecule has 1 aliphatic carbocycles. The van der Waals surface area contributed by atoms with Gasteiger partial charge >= 0.3 is 0 Å². The second-order valence-electron chi connectivity index (χ2n) is 8.57. The first-order chi connectivity index (χ1) is 15.5. The molecular formula is C22H23ClN4O4S. The predicted molar refractivity (Wildman–Crippen MR) is 118 cm³/mol. The molecule has 0 unspecified atom stereocenters. The van der Waals surface area contributed by atoms with E-state index >= 15 is 0 Å². The molecule has 2 aromatic heterocycles. The largest absolute Gasteiger partial charge is 0.366 e. The second kappa shape index (κ2) is 8.53. The van der Waals surface area contributed by atoms with E-state index in [4.69, 9.17) is 22.1 Å². The van der Waals surface area contributed by atoms with E-state index in [0.29, 0.717) is 16.1 Å². The van der Waals surface area contributed by atoms with Crippen molar-refractivity contribution in [2.45, 2.75) is 49.1 Å². The van der Waals surface area contributed by atoms with Crippen LogP contribution in [0.5, 0.6) is 0 Å². The summed E-state index contributed by atoms with van der Waals surface area (Å²) in [5.74, 6) is -1.39. The third-order valence-electron chi connectivity index (χ3n) is 6.68. The molecule has 3 aliphatic rings. The number of rotatable bonds is 5. The summed E-state index contributed by atoms with van der Waals surface area (Å²) in [4.78, 5) is 49.9. The van der Waals surface area contributed by atoms with Crippen LogP contribution in [0.15, 0.2) is 24.7 Å². The molecule has 2 amide bonds. The highest BCUT2D eigenvalue weighted by molar-refractivity contribution is 7.17. The molecule has 2 saturated heterocycles. The number of carbonyl (C=O) groups excluding carboxylic acids is 3. The third-order valence-corrected chi connectivity index (χ3v) is 8.25. The summed E-state index contributed by atoms with van der Waals surface area (Å²) in [5.41, 5.74) is 6.97. The van der Waals surface area contributed by atoms with Crippen LogP contribution in [0, 0.1) is 5.92 Å². The van der Waals surface area contributed by atoms with Crippen LogP contribution in [0.25, 0.3) is 10.6 Å². The summed E-state index contributed by atoms with van der Waals surface area (Å²) in [6, 6.07) is 1.18. The Labute approximate surface area is 194 Å². The zero-order valence-electron chi connectivity index (χ0n) is 17.3. The van der Waals surface area contributed by atoms with E-state index in [1.54, 1.807) is 23.5 Å². The van der Waals surface area contributed by atoms with Crippen LogP contribution >= 0.6 is 22.9 Å². The van der Waals surface area contributed by atoms with Crippen LogP contribution in [0.2, 0.25) is 0 Å². The fraction of sp³-hybridized carbons (Fsp3) is 0.500. The van der Waals surface area contributed by atoms with E-state index in [9.17, 15) is 14.4 Å². The number of carbonyl (C=O) groups is 3. The zero-order chi connectivity index (χ0) is 22.4. The number of nitrogens with zero attached hydrogens (tertiary/aromatic N) is 3. The van der Waals surface area contributed by atoms with Gasteiger partial charge < -0.3 is 15.4 Å². The number of likely N-dealkylation sites (tertiary alicyclic amines) is 1. The maximum atomic E-state index is 14.0. The van der Waals surface area contributed by atoms with E-state index in [0.717, 1.165) is 30.6 Å². The average Bonchev–Trinajstić information content (AvgIpc) is 3.56. The second-order valence-corrected chi connectivity index (χ2v) is 10.2. The quantitative estimate of drug-likeness (QED) is 0.665. The number of halogens is 1. The molecule has 2 aliphatic heterocycles. The van der Waals surface area contributed by atoms with Crippen molar-refractivity contribution in [3.63, 3.8) is 0 Å². The highest BCUT2D eigenvalue weighted by atomic mass is 35.5. The lowest BCUT2D eigenvalue weighted by molar-refractivity contribution is -0.138. The Balaban J connectivity index is 1.57. The van der Waals surface area contributed by atoms with Gasteiger partial charge in [-0.1, -0.05) is 12.8 Å². The number of aromatic nitrogens is 2. The first-order valence-electron chi connectivity index (χ1n) is 10.7. The fourth-order valence-electron chi connectivity index (χ4n) is 5.26. The molecule has 2 N–H and O–H groups in total. The van der Waals surface area contributed by atoms with Crippen molar-refractivity contribution >= 4 is 40.5 Å². The molecule has 10 heteroatoms. The van der Waals surface area contributed by atoms with Gasteiger partial charge in [-0.15, -0.1) is 22.9 Å². The molecular weight excluding hydrogens is 452 g/mol. The first-order valence-corrected chi connectivity index (χ1v) is 12.0. The van der Waals surface area contributed by atoms with Crippen molar-refractivity contribution < 1.29 is 19.1 Å². The molecule has 8 nitrogen and oxygen atoms in total. The fourth-order valence-corrected chi connectivity index (χ4v) is 6.64. The number of alkyl halides is 1. The van der Waals surface area contributed by atoms with Crippen LogP contribution in [0.4, 0.5) is 0 Å². The molecule has 2 aromatic rings. The maximum Gasteiger partial charge on any atom is 0.259 e. The van der Waals surface area contributed by atoms with Crippen molar-refractivity contribution in [3.05, 3.63) is 35.1 Å². The highest BCUT2D eigenvalue weighted by Gasteiger charge is 2.53. The van der Waals surface area contributed by atoms with E-state index < -0.39 is 29.3 Å². The maximum absolute atomic E-state index is 14.0. The van der Waals surface area contributed by atoms with Crippen molar-refractivity contribution in [3.8, 4) is 10.6 Å². The number of ether oxygens (including phenoxy) is 1. The Morgan fingerprint density at radius 3 is 2.75 bits per heavy atom.